The molecule has 39 heavy (non-hydrogen) atoms. The SMILES string of the molecule is COc1ccc([N+](=O)[O-])cc1NC(=O)[C@H](OC(=O)c1ccc(Cl)cc1)[C@H](OC(=O)c1ccc(Cl)cc1)C(=O)O. The van der Waals surface area contributed by atoms with E-state index in [1.165, 1.54) is 61.7 Å². The molecule has 0 unspecified atom stereocenters. The van der Waals surface area contributed by atoms with Crippen LogP contribution in [0.15, 0.2) is 66.7 Å². The van der Waals surface area contributed by atoms with E-state index in [1.54, 1.807) is 0 Å². The summed E-state index contributed by atoms with van der Waals surface area (Å²) in [5.74, 6) is -5.44. The van der Waals surface area contributed by atoms with Gasteiger partial charge in [-0.05, 0) is 54.6 Å². The molecule has 0 aliphatic carbocycles. The number of nitro benzene ring substituents is 1. The number of anilines is 1. The lowest BCUT2D eigenvalue weighted by Crippen LogP contribution is -2.48. The molecule has 202 valence electrons. The average molecular weight is 577 g/mol. The van der Waals surface area contributed by atoms with E-state index in [0.29, 0.717) is 10.0 Å². The Hall–Kier alpha value is -4.68. The predicted octanol–water partition coefficient (Wildman–Crippen LogP) is 4.38. The molecule has 0 aliphatic heterocycles. The van der Waals surface area contributed by atoms with Crippen LogP contribution in [0.5, 0.6) is 5.75 Å². The fourth-order valence-electron chi connectivity index (χ4n) is 3.14. The van der Waals surface area contributed by atoms with Crippen LogP contribution in [0.2, 0.25) is 10.0 Å². The fourth-order valence-corrected chi connectivity index (χ4v) is 3.40. The molecular formula is C25H18Cl2N2O10. The molecule has 0 fully saturated rings. The third-order valence-corrected chi connectivity index (χ3v) is 5.56. The van der Waals surface area contributed by atoms with Gasteiger partial charge in [0.1, 0.15) is 5.75 Å². The number of methoxy groups -OCH3 is 1. The smallest absolute Gasteiger partial charge is 0.349 e. The number of benzene rings is 3. The molecule has 2 atom stereocenters. The maximum Gasteiger partial charge on any atom is 0.349 e. The number of rotatable bonds is 10. The van der Waals surface area contributed by atoms with E-state index in [-0.39, 0.29) is 22.6 Å². The van der Waals surface area contributed by atoms with Crippen molar-refractivity contribution in [3.8, 4) is 5.75 Å². The van der Waals surface area contributed by atoms with Gasteiger partial charge in [-0.3, -0.25) is 14.9 Å². The minimum Gasteiger partial charge on any atom is -0.495 e. The first-order chi connectivity index (χ1) is 18.5. The number of amides is 1. The summed E-state index contributed by atoms with van der Waals surface area (Å²) in [6, 6.07) is 13.7. The molecule has 2 N–H and O–H groups in total. The highest BCUT2D eigenvalue weighted by atomic mass is 35.5. The predicted molar refractivity (Wildman–Crippen MR) is 137 cm³/mol. The summed E-state index contributed by atoms with van der Waals surface area (Å²) < 4.78 is 15.3. The normalized spacial score (nSPS) is 12.0. The first-order valence-electron chi connectivity index (χ1n) is 10.8. The maximum atomic E-state index is 13.3. The van der Waals surface area contributed by atoms with Gasteiger partial charge in [0, 0.05) is 22.2 Å². The van der Waals surface area contributed by atoms with E-state index < -0.39 is 46.6 Å². The lowest BCUT2D eigenvalue weighted by atomic mass is 10.1. The highest BCUT2D eigenvalue weighted by molar-refractivity contribution is 6.31. The van der Waals surface area contributed by atoms with Crippen LogP contribution >= 0.6 is 23.2 Å². The number of aliphatic carboxylic acids is 1. The molecule has 0 aromatic heterocycles. The van der Waals surface area contributed by atoms with Crippen LogP contribution in [0.1, 0.15) is 20.7 Å². The number of carbonyl (C=O) groups is 4. The number of nitro groups is 1. The van der Waals surface area contributed by atoms with Crippen molar-refractivity contribution < 1.29 is 43.4 Å². The van der Waals surface area contributed by atoms with E-state index in [2.05, 4.69) is 5.32 Å². The number of carboxylic acid groups (broad SMARTS) is 1. The van der Waals surface area contributed by atoms with Crippen LogP contribution in [0.3, 0.4) is 0 Å². The lowest BCUT2D eigenvalue weighted by molar-refractivity contribution is -0.384. The summed E-state index contributed by atoms with van der Waals surface area (Å²) in [6.07, 6.45) is -4.60. The summed E-state index contributed by atoms with van der Waals surface area (Å²) >= 11 is 11.6. The van der Waals surface area contributed by atoms with Crippen molar-refractivity contribution in [2.75, 3.05) is 12.4 Å². The Morgan fingerprint density at radius 1 is 0.846 bits per heavy atom. The molecule has 3 rings (SSSR count). The second-order valence-corrected chi connectivity index (χ2v) is 8.51. The summed E-state index contributed by atoms with van der Waals surface area (Å²) in [6.45, 7) is 0. The summed E-state index contributed by atoms with van der Waals surface area (Å²) in [4.78, 5) is 61.4. The van der Waals surface area contributed by atoms with Gasteiger partial charge in [0.2, 0.25) is 12.2 Å². The number of ether oxygens (including phenoxy) is 3. The Morgan fingerprint density at radius 3 is 1.77 bits per heavy atom. The van der Waals surface area contributed by atoms with Gasteiger partial charge < -0.3 is 24.6 Å². The average Bonchev–Trinajstić information content (AvgIpc) is 2.90. The largest absolute Gasteiger partial charge is 0.495 e. The van der Waals surface area contributed by atoms with Gasteiger partial charge in [-0.2, -0.15) is 0 Å². The number of non-ortho nitro benzene ring substituents is 1. The molecule has 3 aromatic rings. The number of carboxylic acids is 1. The first-order valence-corrected chi connectivity index (χ1v) is 11.5. The van der Waals surface area contributed by atoms with Crippen LogP contribution in [-0.2, 0) is 19.1 Å². The second kappa shape index (κ2) is 12.7. The van der Waals surface area contributed by atoms with E-state index in [0.717, 1.165) is 12.1 Å². The van der Waals surface area contributed by atoms with Crippen LogP contribution in [-0.4, -0.2) is 53.2 Å². The molecule has 0 saturated carbocycles. The van der Waals surface area contributed by atoms with Crippen molar-refractivity contribution in [1.82, 2.24) is 0 Å². The molecular weight excluding hydrogens is 559 g/mol. The third-order valence-electron chi connectivity index (χ3n) is 5.06. The molecule has 3 aromatic carbocycles. The number of hydrogen-bond donors (Lipinski definition) is 2. The van der Waals surface area contributed by atoms with Gasteiger partial charge >= 0.3 is 17.9 Å². The van der Waals surface area contributed by atoms with E-state index in [4.69, 9.17) is 37.4 Å². The number of esters is 2. The van der Waals surface area contributed by atoms with Gasteiger partial charge in [-0.1, -0.05) is 23.2 Å². The van der Waals surface area contributed by atoms with Crippen molar-refractivity contribution >= 4 is 58.4 Å². The van der Waals surface area contributed by atoms with Crippen molar-refractivity contribution in [2.24, 2.45) is 0 Å². The molecule has 1 amide bonds. The van der Waals surface area contributed by atoms with Gasteiger partial charge in [-0.25, -0.2) is 14.4 Å². The molecule has 14 heteroatoms. The Bertz CT molecular complexity index is 1410. The van der Waals surface area contributed by atoms with Gasteiger partial charge in [0.15, 0.2) is 0 Å². The molecule has 0 bridgehead atoms. The summed E-state index contributed by atoms with van der Waals surface area (Å²) in [7, 11) is 1.23. The number of hydrogen-bond acceptors (Lipinski definition) is 9. The Morgan fingerprint density at radius 2 is 1.33 bits per heavy atom. The van der Waals surface area contributed by atoms with Crippen LogP contribution in [0, 0.1) is 10.1 Å². The zero-order valence-corrected chi connectivity index (χ0v) is 21.3. The first kappa shape index (κ1) is 28.9. The standard InChI is InChI=1S/C25H18Cl2N2O10/c1-37-19-11-10-17(29(35)36)12-18(19)28-22(30)20(38-24(33)13-2-6-15(26)7-3-13)21(23(31)32)39-25(34)14-4-8-16(27)9-5-14/h2-12,20-21H,1H3,(H,28,30)(H,31,32)/t20-,21+/m1/s1. The summed E-state index contributed by atoms with van der Waals surface area (Å²) in [5.41, 5.74) is -0.866. The summed E-state index contributed by atoms with van der Waals surface area (Å²) in [5, 5.41) is 23.9. The number of carbonyl (C=O) groups excluding carboxylic acids is 3. The number of nitrogens with zero attached hydrogens (tertiary/aromatic N) is 1. The van der Waals surface area contributed by atoms with Gasteiger partial charge in [-0.15, -0.1) is 0 Å². The van der Waals surface area contributed by atoms with E-state index in [1.807, 2.05) is 0 Å². The highest BCUT2D eigenvalue weighted by Gasteiger charge is 2.41. The minimum atomic E-state index is -2.34. The molecule has 12 nitrogen and oxygen atoms in total. The fraction of sp³-hybridized carbons (Fsp3) is 0.120. The monoisotopic (exact) mass is 576 g/mol. The van der Waals surface area contributed by atoms with Crippen LogP contribution < -0.4 is 10.1 Å². The zero-order valence-electron chi connectivity index (χ0n) is 19.8. The third kappa shape index (κ3) is 7.43. The topological polar surface area (TPSA) is 171 Å². The van der Waals surface area contributed by atoms with Crippen molar-refractivity contribution in [3.05, 3.63) is 98.0 Å². The molecule has 0 aliphatic rings. The Labute approximate surface area is 230 Å². The van der Waals surface area contributed by atoms with Crippen molar-refractivity contribution in [1.29, 1.82) is 0 Å². The highest BCUT2D eigenvalue weighted by Crippen LogP contribution is 2.29. The zero-order chi connectivity index (χ0) is 28.7. The van der Waals surface area contributed by atoms with E-state index in [9.17, 15) is 34.4 Å². The van der Waals surface area contributed by atoms with Crippen molar-refractivity contribution in [3.63, 3.8) is 0 Å². The molecule has 0 spiro atoms. The van der Waals surface area contributed by atoms with E-state index >= 15 is 0 Å². The number of nitrogens with one attached hydrogen (secondary N) is 1. The number of halogens is 2. The van der Waals surface area contributed by atoms with Crippen LogP contribution in [0.4, 0.5) is 11.4 Å². The van der Waals surface area contributed by atoms with Crippen LogP contribution in [0.25, 0.3) is 0 Å². The second-order valence-electron chi connectivity index (χ2n) is 7.63. The lowest BCUT2D eigenvalue weighted by Gasteiger charge is -2.24. The quantitative estimate of drug-likeness (QED) is 0.200. The Balaban J connectivity index is 1.98. The minimum absolute atomic E-state index is 0.0261. The Kier molecular flexibility index (Phi) is 9.42. The molecule has 0 saturated heterocycles. The molecule has 0 radical (unpaired) electrons. The van der Waals surface area contributed by atoms with Gasteiger partial charge in [0.05, 0.1) is 28.8 Å². The maximum absolute atomic E-state index is 13.3. The molecule has 0 heterocycles. The van der Waals surface area contributed by atoms with Crippen molar-refractivity contribution in [2.45, 2.75) is 12.2 Å². The van der Waals surface area contributed by atoms with Gasteiger partial charge in [0.25, 0.3) is 11.6 Å².